The number of carbonyl (C=O) groups excluding carboxylic acids is 3. The molecule has 0 unspecified atom stereocenters. The summed E-state index contributed by atoms with van der Waals surface area (Å²) in [6.45, 7) is 1.02. The normalized spacial score (nSPS) is 10.4. The van der Waals surface area contributed by atoms with Gasteiger partial charge in [-0.05, 0) is 29.8 Å². The van der Waals surface area contributed by atoms with E-state index in [4.69, 9.17) is 4.74 Å². The number of fused-ring (bicyclic) bond motifs is 1. The molecule has 0 spiro atoms. The summed E-state index contributed by atoms with van der Waals surface area (Å²) in [6.07, 6.45) is 1.84. The van der Waals surface area contributed by atoms with Crippen LogP contribution in [-0.4, -0.2) is 29.4 Å². The minimum atomic E-state index is -0.484. The lowest BCUT2D eigenvalue weighted by molar-refractivity contribution is -0.146. The molecular formula is C20H19N3O4. The number of hydrogen-bond acceptors (Lipinski definition) is 4. The highest BCUT2D eigenvalue weighted by atomic mass is 16.5. The molecule has 1 aromatic heterocycles. The number of ether oxygens (including phenoxy) is 1. The standard InChI is InChI=1S/C20H19N3O4/c1-13(24)22-15-5-4-6-16(10-15)23-19(25)12-27-20(26)9-14-11-21-18-8-3-2-7-17(14)18/h2-8,10-11,21H,9,12H2,1H3,(H,22,24)(H,23,25). The van der Waals surface area contributed by atoms with E-state index in [-0.39, 0.29) is 18.9 Å². The highest BCUT2D eigenvalue weighted by Crippen LogP contribution is 2.18. The summed E-state index contributed by atoms with van der Waals surface area (Å²) < 4.78 is 5.06. The number of benzene rings is 2. The maximum Gasteiger partial charge on any atom is 0.310 e. The van der Waals surface area contributed by atoms with Crippen molar-refractivity contribution in [3.05, 3.63) is 60.3 Å². The predicted molar refractivity (Wildman–Crippen MR) is 102 cm³/mol. The molecule has 0 saturated heterocycles. The third-order valence-electron chi connectivity index (χ3n) is 3.84. The number of aromatic amines is 1. The fourth-order valence-corrected chi connectivity index (χ4v) is 2.71. The van der Waals surface area contributed by atoms with Gasteiger partial charge in [-0.2, -0.15) is 0 Å². The molecule has 0 aliphatic heterocycles. The van der Waals surface area contributed by atoms with Gasteiger partial charge in [0.05, 0.1) is 6.42 Å². The number of para-hydroxylation sites is 1. The van der Waals surface area contributed by atoms with Crippen LogP contribution in [0.4, 0.5) is 11.4 Å². The molecule has 0 bridgehead atoms. The third-order valence-corrected chi connectivity index (χ3v) is 3.84. The van der Waals surface area contributed by atoms with E-state index in [1.54, 1.807) is 30.5 Å². The second-order valence-electron chi connectivity index (χ2n) is 6.01. The van der Waals surface area contributed by atoms with Crippen LogP contribution in [0, 0.1) is 0 Å². The van der Waals surface area contributed by atoms with Gasteiger partial charge in [-0.15, -0.1) is 0 Å². The van der Waals surface area contributed by atoms with Gasteiger partial charge in [-0.3, -0.25) is 14.4 Å². The zero-order valence-corrected chi connectivity index (χ0v) is 14.7. The SMILES string of the molecule is CC(=O)Nc1cccc(NC(=O)COC(=O)Cc2c[nH]c3ccccc23)c1. The number of carbonyl (C=O) groups is 3. The lowest BCUT2D eigenvalue weighted by Crippen LogP contribution is -2.21. The first-order valence-electron chi connectivity index (χ1n) is 8.39. The first-order chi connectivity index (χ1) is 13.0. The van der Waals surface area contributed by atoms with Gasteiger partial charge in [-0.1, -0.05) is 24.3 Å². The van der Waals surface area contributed by atoms with Crippen LogP contribution in [0.2, 0.25) is 0 Å². The van der Waals surface area contributed by atoms with Crippen LogP contribution >= 0.6 is 0 Å². The van der Waals surface area contributed by atoms with Gasteiger partial charge in [0.1, 0.15) is 0 Å². The smallest absolute Gasteiger partial charge is 0.310 e. The number of amides is 2. The molecular weight excluding hydrogens is 346 g/mol. The molecule has 7 heteroatoms. The summed E-state index contributed by atoms with van der Waals surface area (Å²) in [5, 5.41) is 6.21. The number of nitrogens with one attached hydrogen (secondary N) is 3. The van der Waals surface area contributed by atoms with Crippen LogP contribution in [0.15, 0.2) is 54.7 Å². The Labute approximate surface area is 155 Å². The van der Waals surface area contributed by atoms with Gasteiger partial charge >= 0.3 is 5.97 Å². The van der Waals surface area contributed by atoms with E-state index in [1.807, 2.05) is 24.3 Å². The van der Waals surface area contributed by atoms with E-state index < -0.39 is 11.9 Å². The van der Waals surface area contributed by atoms with Crippen LogP contribution < -0.4 is 10.6 Å². The summed E-state index contributed by atoms with van der Waals surface area (Å²) in [4.78, 5) is 38.2. The maximum absolute atomic E-state index is 12.0. The summed E-state index contributed by atoms with van der Waals surface area (Å²) in [6, 6.07) is 14.3. The molecule has 3 rings (SSSR count). The molecule has 0 saturated carbocycles. The van der Waals surface area contributed by atoms with Crippen LogP contribution in [0.3, 0.4) is 0 Å². The average molecular weight is 365 g/mol. The Morgan fingerprint density at radius 2 is 1.74 bits per heavy atom. The zero-order chi connectivity index (χ0) is 19.2. The highest BCUT2D eigenvalue weighted by molar-refractivity contribution is 5.95. The van der Waals surface area contributed by atoms with Crippen molar-refractivity contribution in [3.8, 4) is 0 Å². The average Bonchev–Trinajstić information content (AvgIpc) is 3.03. The van der Waals surface area contributed by atoms with Crippen molar-refractivity contribution in [2.24, 2.45) is 0 Å². The fourth-order valence-electron chi connectivity index (χ4n) is 2.71. The molecule has 0 aliphatic carbocycles. The third kappa shape index (κ3) is 4.94. The number of aromatic nitrogens is 1. The topological polar surface area (TPSA) is 100 Å². The lowest BCUT2D eigenvalue weighted by atomic mass is 10.1. The monoisotopic (exact) mass is 365 g/mol. The van der Waals surface area contributed by atoms with Crippen molar-refractivity contribution in [1.29, 1.82) is 0 Å². The Morgan fingerprint density at radius 1 is 1.00 bits per heavy atom. The van der Waals surface area contributed by atoms with Gasteiger partial charge in [-0.25, -0.2) is 0 Å². The Kier molecular flexibility index (Phi) is 5.51. The first-order valence-corrected chi connectivity index (χ1v) is 8.39. The number of rotatable bonds is 6. The first kappa shape index (κ1) is 18.2. The van der Waals surface area contributed by atoms with E-state index >= 15 is 0 Å². The maximum atomic E-state index is 12.0. The molecule has 2 amide bonds. The molecule has 2 aromatic carbocycles. The summed E-state index contributed by atoms with van der Waals surface area (Å²) in [5.41, 5.74) is 2.83. The van der Waals surface area contributed by atoms with Crippen LogP contribution in [0.25, 0.3) is 10.9 Å². The van der Waals surface area contributed by atoms with Crippen molar-refractivity contribution in [2.45, 2.75) is 13.3 Å². The summed E-state index contributed by atoms with van der Waals surface area (Å²) in [5.74, 6) is -1.14. The molecule has 138 valence electrons. The molecule has 0 radical (unpaired) electrons. The highest BCUT2D eigenvalue weighted by Gasteiger charge is 2.12. The van der Waals surface area contributed by atoms with Gasteiger partial charge in [0.15, 0.2) is 6.61 Å². The van der Waals surface area contributed by atoms with E-state index in [0.29, 0.717) is 11.4 Å². The van der Waals surface area contributed by atoms with Gasteiger partial charge < -0.3 is 20.4 Å². The van der Waals surface area contributed by atoms with Crippen molar-refractivity contribution in [2.75, 3.05) is 17.2 Å². The molecule has 1 heterocycles. The molecule has 7 nitrogen and oxygen atoms in total. The molecule has 0 atom stereocenters. The molecule has 0 fully saturated rings. The lowest BCUT2D eigenvalue weighted by Gasteiger charge is -2.08. The van der Waals surface area contributed by atoms with Gasteiger partial charge in [0, 0.05) is 35.4 Å². The second-order valence-corrected chi connectivity index (χ2v) is 6.01. The van der Waals surface area contributed by atoms with Gasteiger partial charge in [0.25, 0.3) is 5.91 Å². The Bertz CT molecular complexity index is 994. The number of anilines is 2. The quantitative estimate of drug-likeness (QED) is 0.585. The minimum absolute atomic E-state index is 0.0787. The van der Waals surface area contributed by atoms with E-state index in [2.05, 4.69) is 15.6 Å². The van der Waals surface area contributed by atoms with E-state index in [0.717, 1.165) is 16.5 Å². The number of hydrogen-bond donors (Lipinski definition) is 3. The molecule has 3 aromatic rings. The summed E-state index contributed by atoms with van der Waals surface area (Å²) in [7, 11) is 0. The van der Waals surface area contributed by atoms with Crippen molar-refractivity contribution in [3.63, 3.8) is 0 Å². The Hall–Kier alpha value is -3.61. The Morgan fingerprint density at radius 3 is 2.52 bits per heavy atom. The van der Waals surface area contributed by atoms with Gasteiger partial charge in [0.2, 0.25) is 5.91 Å². The largest absolute Gasteiger partial charge is 0.455 e. The predicted octanol–water partition coefficient (Wildman–Crippen LogP) is 2.85. The molecule has 3 N–H and O–H groups in total. The van der Waals surface area contributed by atoms with Crippen molar-refractivity contribution < 1.29 is 19.1 Å². The van der Waals surface area contributed by atoms with E-state index in [9.17, 15) is 14.4 Å². The Balaban J connectivity index is 1.51. The van der Waals surface area contributed by atoms with Crippen LogP contribution in [0.1, 0.15) is 12.5 Å². The summed E-state index contributed by atoms with van der Waals surface area (Å²) >= 11 is 0. The van der Waals surface area contributed by atoms with Crippen LogP contribution in [-0.2, 0) is 25.5 Å². The van der Waals surface area contributed by atoms with Crippen molar-refractivity contribution in [1.82, 2.24) is 4.98 Å². The number of esters is 1. The fraction of sp³-hybridized carbons (Fsp3) is 0.150. The number of H-pyrrole nitrogens is 1. The molecule has 0 aliphatic rings. The van der Waals surface area contributed by atoms with E-state index in [1.165, 1.54) is 6.92 Å². The van der Waals surface area contributed by atoms with Crippen molar-refractivity contribution >= 4 is 40.1 Å². The molecule has 27 heavy (non-hydrogen) atoms. The second kappa shape index (κ2) is 8.18. The minimum Gasteiger partial charge on any atom is -0.455 e. The zero-order valence-electron chi connectivity index (χ0n) is 14.7. The van der Waals surface area contributed by atoms with Crippen LogP contribution in [0.5, 0.6) is 0 Å².